The van der Waals surface area contributed by atoms with E-state index in [0.29, 0.717) is 18.6 Å². The Kier molecular flexibility index (Phi) is 3.44. The molecule has 0 unspecified atom stereocenters. The van der Waals surface area contributed by atoms with Crippen LogP contribution >= 0.6 is 0 Å². The molecule has 0 saturated heterocycles. The molecule has 3 heteroatoms. The van der Waals surface area contributed by atoms with Gasteiger partial charge in [0.05, 0.1) is 0 Å². The minimum Gasteiger partial charge on any atom is -0.445 e. The quantitative estimate of drug-likeness (QED) is 0.848. The second-order valence-corrected chi connectivity index (χ2v) is 4.37. The summed E-state index contributed by atoms with van der Waals surface area (Å²) in [6.07, 6.45) is 1.96. The summed E-state index contributed by atoms with van der Waals surface area (Å²) < 4.78 is 5.13. The first kappa shape index (κ1) is 11.0. The van der Waals surface area contributed by atoms with Crippen molar-refractivity contribution in [1.82, 2.24) is 5.32 Å². The highest BCUT2D eigenvalue weighted by atomic mass is 16.5. The monoisotopic (exact) mass is 219 g/mol. The number of rotatable bonds is 3. The van der Waals surface area contributed by atoms with Crippen molar-refractivity contribution in [3.05, 3.63) is 35.9 Å². The lowest BCUT2D eigenvalue weighted by molar-refractivity contribution is 0.121. The van der Waals surface area contributed by atoms with Crippen LogP contribution < -0.4 is 5.32 Å². The fourth-order valence-electron chi connectivity index (χ4n) is 1.80. The molecule has 2 rings (SSSR count). The highest BCUT2D eigenvalue weighted by molar-refractivity contribution is 5.67. The maximum atomic E-state index is 11.4. The van der Waals surface area contributed by atoms with E-state index in [0.717, 1.165) is 12.0 Å². The van der Waals surface area contributed by atoms with Crippen LogP contribution in [-0.2, 0) is 11.3 Å². The minimum atomic E-state index is -0.305. The van der Waals surface area contributed by atoms with Gasteiger partial charge in [-0.15, -0.1) is 0 Å². The van der Waals surface area contributed by atoms with Gasteiger partial charge in [0.2, 0.25) is 0 Å². The third kappa shape index (κ3) is 2.75. The van der Waals surface area contributed by atoms with E-state index in [-0.39, 0.29) is 6.09 Å². The Hall–Kier alpha value is -1.51. The van der Waals surface area contributed by atoms with Crippen molar-refractivity contribution in [3.8, 4) is 0 Å². The van der Waals surface area contributed by atoms with Gasteiger partial charge in [0, 0.05) is 6.04 Å². The van der Waals surface area contributed by atoms with Gasteiger partial charge in [0.1, 0.15) is 6.61 Å². The van der Waals surface area contributed by atoms with Gasteiger partial charge < -0.3 is 10.1 Å². The Morgan fingerprint density at radius 2 is 2.12 bits per heavy atom. The van der Waals surface area contributed by atoms with Crippen LogP contribution in [0.4, 0.5) is 4.79 Å². The summed E-state index contributed by atoms with van der Waals surface area (Å²) in [5.41, 5.74) is 1.01. The molecule has 16 heavy (non-hydrogen) atoms. The molecule has 0 aliphatic heterocycles. The number of carbonyl (C=O) groups excluding carboxylic acids is 1. The summed E-state index contributed by atoms with van der Waals surface area (Å²) in [6.45, 7) is 2.49. The molecule has 0 bridgehead atoms. The maximum absolute atomic E-state index is 11.4. The van der Waals surface area contributed by atoms with Crippen LogP contribution in [0.3, 0.4) is 0 Å². The fourth-order valence-corrected chi connectivity index (χ4v) is 1.80. The van der Waals surface area contributed by atoms with E-state index in [1.54, 1.807) is 0 Å². The van der Waals surface area contributed by atoms with E-state index in [4.69, 9.17) is 4.74 Å². The highest BCUT2D eigenvalue weighted by Crippen LogP contribution is 2.26. The number of benzene rings is 1. The molecule has 0 spiro atoms. The van der Waals surface area contributed by atoms with Gasteiger partial charge in [0.25, 0.3) is 0 Å². The zero-order valence-corrected chi connectivity index (χ0v) is 9.48. The Balaban J connectivity index is 1.72. The molecule has 1 aromatic carbocycles. The van der Waals surface area contributed by atoms with Crippen LogP contribution in [0, 0.1) is 5.92 Å². The molecule has 86 valence electrons. The molecule has 1 N–H and O–H groups in total. The molecule has 0 heterocycles. The summed E-state index contributed by atoms with van der Waals surface area (Å²) in [6, 6.07) is 10.0. The zero-order chi connectivity index (χ0) is 11.4. The molecule has 1 aliphatic rings. The Morgan fingerprint density at radius 1 is 1.38 bits per heavy atom. The number of hydrogen-bond acceptors (Lipinski definition) is 2. The van der Waals surface area contributed by atoms with Crippen LogP contribution in [-0.4, -0.2) is 12.1 Å². The zero-order valence-electron chi connectivity index (χ0n) is 9.48. The first-order valence-electron chi connectivity index (χ1n) is 5.73. The average molecular weight is 219 g/mol. The van der Waals surface area contributed by atoms with E-state index in [1.165, 1.54) is 6.42 Å². The molecule has 3 nitrogen and oxygen atoms in total. The van der Waals surface area contributed by atoms with Gasteiger partial charge in [-0.3, -0.25) is 0 Å². The number of hydrogen-bond donors (Lipinski definition) is 1. The van der Waals surface area contributed by atoms with Crippen molar-refractivity contribution in [2.45, 2.75) is 32.4 Å². The van der Waals surface area contributed by atoms with E-state index >= 15 is 0 Å². The lowest BCUT2D eigenvalue weighted by atomic mass is 9.81. The lowest BCUT2D eigenvalue weighted by Crippen LogP contribution is -2.45. The standard InChI is InChI=1S/C13H17NO2/c1-10-7-8-12(10)14-13(15)16-9-11-5-3-2-4-6-11/h2-6,10,12H,7-9H2,1H3,(H,14,15)/t10-,12-/m1/s1. The van der Waals surface area contributed by atoms with Gasteiger partial charge in [-0.1, -0.05) is 37.3 Å². The molecule has 2 atom stereocenters. The normalized spacial score (nSPS) is 23.3. The Morgan fingerprint density at radius 3 is 2.69 bits per heavy atom. The average Bonchev–Trinajstić information content (AvgIpc) is 2.33. The summed E-state index contributed by atoms with van der Waals surface area (Å²) in [5.74, 6) is 0.587. The number of carbonyl (C=O) groups is 1. The smallest absolute Gasteiger partial charge is 0.407 e. The van der Waals surface area contributed by atoms with E-state index < -0.39 is 0 Å². The van der Waals surface area contributed by atoms with Gasteiger partial charge in [-0.2, -0.15) is 0 Å². The third-order valence-electron chi connectivity index (χ3n) is 3.14. The van der Waals surface area contributed by atoms with Gasteiger partial charge >= 0.3 is 6.09 Å². The van der Waals surface area contributed by atoms with Crippen molar-refractivity contribution in [3.63, 3.8) is 0 Å². The molecule has 1 aromatic rings. The number of alkyl carbamates (subject to hydrolysis) is 1. The van der Waals surface area contributed by atoms with Crippen molar-refractivity contribution in [2.24, 2.45) is 5.92 Å². The first-order chi connectivity index (χ1) is 7.75. The summed E-state index contributed by atoms with van der Waals surface area (Å²) in [4.78, 5) is 11.4. The highest BCUT2D eigenvalue weighted by Gasteiger charge is 2.28. The molecule has 1 saturated carbocycles. The van der Waals surface area contributed by atoms with Gasteiger partial charge in [0.15, 0.2) is 0 Å². The van der Waals surface area contributed by atoms with Crippen LogP contribution in [0.2, 0.25) is 0 Å². The topological polar surface area (TPSA) is 38.3 Å². The minimum absolute atomic E-state index is 0.305. The van der Waals surface area contributed by atoms with E-state index in [1.807, 2.05) is 30.3 Å². The van der Waals surface area contributed by atoms with Crippen molar-refractivity contribution in [2.75, 3.05) is 0 Å². The van der Waals surface area contributed by atoms with Crippen molar-refractivity contribution >= 4 is 6.09 Å². The van der Waals surface area contributed by atoms with E-state index in [9.17, 15) is 4.79 Å². The number of nitrogens with one attached hydrogen (secondary N) is 1. The third-order valence-corrected chi connectivity index (χ3v) is 3.14. The lowest BCUT2D eigenvalue weighted by Gasteiger charge is -2.33. The van der Waals surface area contributed by atoms with Crippen LogP contribution in [0.15, 0.2) is 30.3 Å². The number of amides is 1. The summed E-state index contributed by atoms with van der Waals surface area (Å²) in [7, 11) is 0. The second kappa shape index (κ2) is 5.01. The Labute approximate surface area is 95.8 Å². The molecule has 1 aliphatic carbocycles. The van der Waals surface area contributed by atoms with Crippen LogP contribution in [0.25, 0.3) is 0 Å². The van der Waals surface area contributed by atoms with E-state index in [2.05, 4.69) is 12.2 Å². The van der Waals surface area contributed by atoms with Crippen LogP contribution in [0.1, 0.15) is 25.3 Å². The molecule has 1 amide bonds. The number of ether oxygens (including phenoxy) is 1. The Bertz CT molecular complexity index is 350. The SMILES string of the molecule is C[C@@H]1CC[C@H]1NC(=O)OCc1ccccc1. The molecular formula is C13H17NO2. The largest absolute Gasteiger partial charge is 0.445 e. The molecule has 1 fully saturated rings. The second-order valence-electron chi connectivity index (χ2n) is 4.37. The van der Waals surface area contributed by atoms with Crippen LogP contribution in [0.5, 0.6) is 0 Å². The van der Waals surface area contributed by atoms with Gasteiger partial charge in [-0.05, 0) is 24.3 Å². The maximum Gasteiger partial charge on any atom is 0.407 e. The molecule has 0 aromatic heterocycles. The molecule has 0 radical (unpaired) electrons. The predicted molar refractivity (Wildman–Crippen MR) is 61.9 cm³/mol. The van der Waals surface area contributed by atoms with Crippen molar-refractivity contribution in [1.29, 1.82) is 0 Å². The molecular weight excluding hydrogens is 202 g/mol. The summed E-state index contributed by atoms with van der Waals surface area (Å²) in [5, 5.41) is 2.88. The van der Waals surface area contributed by atoms with Gasteiger partial charge in [-0.25, -0.2) is 4.79 Å². The van der Waals surface area contributed by atoms with Crippen molar-refractivity contribution < 1.29 is 9.53 Å². The first-order valence-corrected chi connectivity index (χ1v) is 5.73. The predicted octanol–water partition coefficient (Wildman–Crippen LogP) is 2.71. The summed E-state index contributed by atoms with van der Waals surface area (Å²) >= 11 is 0. The fraction of sp³-hybridized carbons (Fsp3) is 0.462.